The number of halogens is 3. The summed E-state index contributed by atoms with van der Waals surface area (Å²) >= 11 is 0. The van der Waals surface area contributed by atoms with Crippen LogP contribution in [0.25, 0.3) is 0 Å². The normalized spacial score (nSPS) is 15.0. The zero-order valence-electron chi connectivity index (χ0n) is 13.5. The van der Waals surface area contributed by atoms with Gasteiger partial charge in [-0.1, -0.05) is 0 Å². The number of aromatic nitrogens is 1. The number of rotatable bonds is 5. The van der Waals surface area contributed by atoms with Gasteiger partial charge in [-0.15, -0.1) is 0 Å². The summed E-state index contributed by atoms with van der Waals surface area (Å²) in [6.45, 7) is 1.34. The van der Waals surface area contributed by atoms with E-state index in [1.807, 2.05) is 0 Å². The molecule has 0 atom stereocenters. The molecule has 3 rings (SSSR count). The fraction of sp³-hybridized carbons (Fsp3) is 0.294. The first-order chi connectivity index (χ1) is 12.4. The molecule has 0 unspecified atom stereocenters. The number of pyridine rings is 1. The molecule has 138 valence electrons. The Balaban J connectivity index is 1.67. The van der Waals surface area contributed by atoms with Crippen molar-refractivity contribution < 1.29 is 27.4 Å². The van der Waals surface area contributed by atoms with Crippen LogP contribution in [0.15, 0.2) is 42.6 Å². The minimum absolute atomic E-state index is 0.250. The van der Waals surface area contributed by atoms with Gasteiger partial charge in [-0.25, -0.2) is 4.98 Å². The topological polar surface area (TPSA) is 72.5 Å². The average molecular weight is 367 g/mol. The lowest BCUT2D eigenvalue weighted by atomic mass is 10.2. The van der Waals surface area contributed by atoms with Gasteiger partial charge in [0.25, 0.3) is 5.91 Å². The average Bonchev–Trinajstić information content (AvgIpc) is 3.13. The van der Waals surface area contributed by atoms with E-state index in [-0.39, 0.29) is 11.3 Å². The number of hydrogen-bond donors (Lipinski definition) is 2. The number of anilines is 2. The molecule has 26 heavy (non-hydrogen) atoms. The molecule has 0 saturated carbocycles. The van der Waals surface area contributed by atoms with Crippen molar-refractivity contribution >= 4 is 17.4 Å². The number of ether oxygens (including phenoxy) is 2. The third-order valence-electron chi connectivity index (χ3n) is 3.65. The summed E-state index contributed by atoms with van der Waals surface area (Å²) in [6.07, 6.45) is -3.32. The monoisotopic (exact) mass is 367 g/mol. The van der Waals surface area contributed by atoms with E-state index in [9.17, 15) is 18.0 Å². The van der Waals surface area contributed by atoms with Crippen LogP contribution in [0.4, 0.5) is 24.7 Å². The van der Waals surface area contributed by atoms with Crippen LogP contribution >= 0.6 is 0 Å². The molecule has 9 heteroatoms. The van der Waals surface area contributed by atoms with E-state index >= 15 is 0 Å². The van der Waals surface area contributed by atoms with Crippen molar-refractivity contribution in [3.63, 3.8) is 0 Å². The van der Waals surface area contributed by atoms with Gasteiger partial charge in [-0.3, -0.25) is 4.79 Å². The third-order valence-corrected chi connectivity index (χ3v) is 3.65. The molecule has 1 aliphatic heterocycles. The maximum Gasteiger partial charge on any atom is 0.416 e. The molecule has 2 heterocycles. The maximum atomic E-state index is 12.6. The third kappa shape index (κ3) is 4.50. The van der Waals surface area contributed by atoms with Crippen LogP contribution in [0.5, 0.6) is 0 Å². The summed E-state index contributed by atoms with van der Waals surface area (Å²) < 4.78 is 48.4. The second-order valence-electron chi connectivity index (χ2n) is 5.48. The fourth-order valence-electron chi connectivity index (χ4n) is 2.38. The Labute approximate surface area is 147 Å². The minimum Gasteiger partial charge on any atom is -0.364 e. The SMILES string of the molecule is O=C(Nc1ccc(C(F)(F)F)cc1)c1cccnc1NCC1OCCO1. The summed E-state index contributed by atoms with van der Waals surface area (Å²) in [4.78, 5) is 16.6. The van der Waals surface area contributed by atoms with E-state index in [4.69, 9.17) is 9.47 Å². The van der Waals surface area contributed by atoms with Gasteiger partial charge in [0, 0.05) is 11.9 Å². The van der Waals surface area contributed by atoms with Crippen LogP contribution in [0.1, 0.15) is 15.9 Å². The van der Waals surface area contributed by atoms with Gasteiger partial charge in [-0.05, 0) is 36.4 Å². The lowest BCUT2D eigenvalue weighted by Gasteiger charge is -2.14. The number of nitrogens with one attached hydrogen (secondary N) is 2. The van der Waals surface area contributed by atoms with Gasteiger partial charge in [0.1, 0.15) is 5.82 Å². The van der Waals surface area contributed by atoms with E-state index in [1.165, 1.54) is 18.3 Å². The first-order valence-corrected chi connectivity index (χ1v) is 7.84. The van der Waals surface area contributed by atoms with Crippen LogP contribution in [-0.2, 0) is 15.7 Å². The van der Waals surface area contributed by atoms with Crippen molar-refractivity contribution in [1.82, 2.24) is 4.98 Å². The lowest BCUT2D eigenvalue weighted by molar-refractivity contribution is -0.137. The smallest absolute Gasteiger partial charge is 0.364 e. The number of carbonyl (C=O) groups is 1. The summed E-state index contributed by atoms with van der Waals surface area (Å²) in [5.41, 5.74) is -0.276. The molecule has 0 spiro atoms. The van der Waals surface area contributed by atoms with E-state index < -0.39 is 23.9 Å². The number of amides is 1. The predicted octanol–water partition coefficient (Wildman–Crippen LogP) is 3.14. The molecule has 0 aliphatic carbocycles. The molecule has 1 amide bonds. The van der Waals surface area contributed by atoms with Crippen molar-refractivity contribution in [2.45, 2.75) is 12.5 Å². The Bertz CT molecular complexity index is 760. The van der Waals surface area contributed by atoms with E-state index in [2.05, 4.69) is 15.6 Å². The van der Waals surface area contributed by atoms with E-state index in [0.29, 0.717) is 25.6 Å². The standard InChI is InChI=1S/C17H16F3N3O3/c18-17(19,20)11-3-5-12(6-4-11)23-16(24)13-2-1-7-21-15(13)22-10-14-25-8-9-26-14/h1-7,14H,8-10H2,(H,21,22)(H,23,24). The molecule has 6 nitrogen and oxygen atoms in total. The number of carbonyl (C=O) groups excluding carboxylic acids is 1. The molecule has 2 N–H and O–H groups in total. The van der Waals surface area contributed by atoms with Crippen LogP contribution in [-0.4, -0.2) is 36.9 Å². The molecule has 1 aromatic heterocycles. The number of benzene rings is 1. The molecule has 1 aromatic carbocycles. The summed E-state index contributed by atoms with van der Waals surface area (Å²) in [5, 5.41) is 5.54. The van der Waals surface area contributed by atoms with Gasteiger partial charge >= 0.3 is 6.18 Å². The van der Waals surface area contributed by atoms with E-state index in [1.54, 1.807) is 12.1 Å². The van der Waals surface area contributed by atoms with Crippen molar-refractivity contribution in [3.05, 3.63) is 53.7 Å². The zero-order chi connectivity index (χ0) is 18.6. The first-order valence-electron chi connectivity index (χ1n) is 7.84. The Morgan fingerprint density at radius 2 is 1.85 bits per heavy atom. The van der Waals surface area contributed by atoms with Gasteiger partial charge in [0.15, 0.2) is 6.29 Å². The highest BCUT2D eigenvalue weighted by Gasteiger charge is 2.30. The molecular weight excluding hydrogens is 351 g/mol. The Hall–Kier alpha value is -2.65. The second kappa shape index (κ2) is 7.71. The fourth-order valence-corrected chi connectivity index (χ4v) is 2.38. The van der Waals surface area contributed by atoms with Gasteiger partial charge in [0.05, 0.1) is 30.9 Å². The predicted molar refractivity (Wildman–Crippen MR) is 87.8 cm³/mol. The molecule has 0 bridgehead atoms. The molecule has 1 fully saturated rings. The van der Waals surface area contributed by atoms with Gasteiger partial charge in [-0.2, -0.15) is 13.2 Å². The highest BCUT2D eigenvalue weighted by atomic mass is 19.4. The highest BCUT2D eigenvalue weighted by molar-refractivity contribution is 6.07. The summed E-state index contributed by atoms with van der Waals surface area (Å²) in [5.74, 6) is -0.162. The molecule has 2 aromatic rings. The van der Waals surface area contributed by atoms with Crippen molar-refractivity contribution in [2.75, 3.05) is 30.4 Å². The Kier molecular flexibility index (Phi) is 5.38. The van der Waals surface area contributed by atoms with Gasteiger partial charge < -0.3 is 20.1 Å². The summed E-state index contributed by atoms with van der Waals surface area (Å²) in [6, 6.07) is 7.37. The number of alkyl halides is 3. The molecule has 1 aliphatic rings. The van der Waals surface area contributed by atoms with Crippen LogP contribution in [0, 0.1) is 0 Å². The number of nitrogens with zero attached hydrogens (tertiary/aromatic N) is 1. The van der Waals surface area contributed by atoms with Gasteiger partial charge in [0.2, 0.25) is 0 Å². The molecule has 0 radical (unpaired) electrons. The zero-order valence-corrected chi connectivity index (χ0v) is 13.5. The minimum atomic E-state index is -4.42. The Morgan fingerprint density at radius 1 is 1.15 bits per heavy atom. The lowest BCUT2D eigenvalue weighted by Crippen LogP contribution is -2.23. The highest BCUT2D eigenvalue weighted by Crippen LogP contribution is 2.30. The molecular formula is C17H16F3N3O3. The largest absolute Gasteiger partial charge is 0.416 e. The Morgan fingerprint density at radius 3 is 2.50 bits per heavy atom. The van der Waals surface area contributed by atoms with E-state index in [0.717, 1.165) is 12.1 Å². The second-order valence-corrected chi connectivity index (χ2v) is 5.48. The quantitative estimate of drug-likeness (QED) is 0.850. The number of hydrogen-bond acceptors (Lipinski definition) is 5. The summed E-state index contributed by atoms with van der Waals surface area (Å²) in [7, 11) is 0. The maximum absolute atomic E-state index is 12.6. The first kappa shape index (κ1) is 18.2. The van der Waals surface area contributed by atoms with Crippen molar-refractivity contribution in [1.29, 1.82) is 0 Å². The molecule has 1 saturated heterocycles. The van der Waals surface area contributed by atoms with Crippen molar-refractivity contribution in [3.8, 4) is 0 Å². The van der Waals surface area contributed by atoms with Crippen LogP contribution in [0.3, 0.4) is 0 Å². The van der Waals surface area contributed by atoms with Crippen LogP contribution in [0.2, 0.25) is 0 Å². The van der Waals surface area contributed by atoms with Crippen LogP contribution < -0.4 is 10.6 Å². The van der Waals surface area contributed by atoms with Crippen molar-refractivity contribution in [2.24, 2.45) is 0 Å².